The Hall–Kier alpha value is -6.24. The standard InChI is InChI=1S/C10H8F6.C9H6F5NO2.C8H9NO.2C7H8O.C2H5F/c1-8(9(11,12)13,10(14,15)16)7-5-3-2-4-6-7;10-8(17-14,9(11,12)13)7(16)15-6-4-2-1-3-5-6;1-9-8(10)7-5-3-2-4-6-7;2*1-8-7-5-3-2-4-6-7;1-2-3/h2-6H,1H3;1-5H,(H,15,16);2-6H,1H3,(H,9,10);2*2-6H,1H3;2H2,1H3. The molecule has 0 aliphatic rings. The zero-order chi connectivity index (χ0) is 47.5. The molecular weight excluding hydrogens is 852 g/mol. The third-order valence-corrected chi connectivity index (χ3v) is 7.50. The second-order valence-corrected chi connectivity index (χ2v) is 11.7. The van der Waals surface area contributed by atoms with Crippen molar-refractivity contribution < 1.29 is 76.8 Å². The highest BCUT2D eigenvalue weighted by molar-refractivity contribution is 5.96. The highest BCUT2D eigenvalue weighted by Crippen LogP contribution is 2.51. The van der Waals surface area contributed by atoms with E-state index in [0.29, 0.717) is 5.56 Å². The summed E-state index contributed by atoms with van der Waals surface area (Å²) in [5.74, 6) is -5.54. The molecule has 62 heavy (non-hydrogen) atoms. The number of methoxy groups -OCH3 is 2. The van der Waals surface area contributed by atoms with Crippen molar-refractivity contribution in [1.82, 2.24) is 5.32 Å². The van der Waals surface area contributed by atoms with Gasteiger partial charge in [-0.3, -0.25) is 14.0 Å². The van der Waals surface area contributed by atoms with E-state index < -0.39 is 41.3 Å². The highest BCUT2D eigenvalue weighted by atomic mass is 19.4. The van der Waals surface area contributed by atoms with Gasteiger partial charge in [-0.25, -0.2) is 0 Å². The number of carbonyl (C=O) groups excluding carboxylic acids is 2. The molecule has 0 bridgehead atoms. The van der Waals surface area contributed by atoms with Crippen LogP contribution in [0.5, 0.6) is 11.5 Å². The molecule has 5 aromatic rings. The number of hydrogen-bond acceptors (Lipinski definition) is 5. The van der Waals surface area contributed by atoms with Gasteiger partial charge >= 0.3 is 30.3 Å². The number of halogens is 12. The molecule has 340 valence electrons. The fraction of sp³-hybridized carbons (Fsp3) is 0.256. The number of benzene rings is 5. The average Bonchev–Trinajstić information content (AvgIpc) is 3.27. The minimum atomic E-state index is -5.82. The summed E-state index contributed by atoms with van der Waals surface area (Å²) in [5, 5.41) is 4.08. The van der Waals surface area contributed by atoms with Gasteiger partial charge in [0.25, 0.3) is 5.91 Å². The quantitative estimate of drug-likeness (QED) is 0.159. The van der Waals surface area contributed by atoms with E-state index in [1.165, 1.54) is 43.3 Å². The third kappa shape index (κ3) is 18.6. The fourth-order valence-corrected chi connectivity index (χ4v) is 4.05. The molecule has 19 heteroatoms. The summed E-state index contributed by atoms with van der Waals surface area (Å²) in [6, 6.07) is 40.5. The summed E-state index contributed by atoms with van der Waals surface area (Å²) in [6.45, 7) is 1.35. The fourth-order valence-electron chi connectivity index (χ4n) is 4.05. The maximum atomic E-state index is 13.0. The minimum absolute atomic E-state index is 0.0411. The molecule has 2 N–H and O–H groups in total. The summed E-state index contributed by atoms with van der Waals surface area (Å²) < 4.78 is 156. The molecule has 0 saturated carbocycles. The highest BCUT2D eigenvalue weighted by Gasteiger charge is 2.68. The Morgan fingerprint density at radius 3 is 1.15 bits per heavy atom. The molecule has 0 spiro atoms. The molecule has 1 unspecified atom stereocenters. The number of carbonyl (C=O) groups is 2. The SMILES string of the molecule is CC(c1ccccc1)(C(F)(F)F)C(F)(F)F.CCF.CNC(=O)c1ccccc1.COc1ccccc1.COc1ccccc1.O=C(Nc1ccccc1)C(F)(OF)C(F)(F)F. The topological polar surface area (TPSA) is 85.9 Å². The molecule has 5 rings (SSSR count). The van der Waals surface area contributed by atoms with Gasteiger partial charge in [0.2, 0.25) is 0 Å². The van der Waals surface area contributed by atoms with Crippen LogP contribution in [0.4, 0.5) is 58.5 Å². The lowest BCUT2D eigenvalue weighted by atomic mass is 9.81. The summed E-state index contributed by atoms with van der Waals surface area (Å²) in [4.78, 5) is 24.0. The van der Waals surface area contributed by atoms with Gasteiger partial charge in [-0.15, -0.1) is 4.94 Å². The summed E-state index contributed by atoms with van der Waals surface area (Å²) in [6.07, 6.45) is -16.6. The number of nitrogens with one attached hydrogen (secondary N) is 2. The molecular formula is C43H44F12N2O5. The number of amides is 2. The third-order valence-electron chi connectivity index (χ3n) is 7.50. The van der Waals surface area contributed by atoms with Crippen LogP contribution in [0.3, 0.4) is 0 Å². The van der Waals surface area contributed by atoms with Crippen molar-refractivity contribution in [1.29, 1.82) is 0 Å². The Morgan fingerprint density at radius 1 is 0.548 bits per heavy atom. The molecule has 2 amide bonds. The second kappa shape index (κ2) is 27.6. The molecule has 0 heterocycles. The molecule has 0 radical (unpaired) electrons. The van der Waals surface area contributed by atoms with Crippen LogP contribution in [0.15, 0.2) is 152 Å². The minimum Gasteiger partial charge on any atom is -0.497 e. The zero-order valence-corrected chi connectivity index (χ0v) is 33.7. The van der Waals surface area contributed by atoms with Gasteiger partial charge in [-0.1, -0.05) is 103 Å². The monoisotopic (exact) mass is 896 g/mol. The zero-order valence-electron chi connectivity index (χ0n) is 33.7. The van der Waals surface area contributed by atoms with Crippen LogP contribution in [0.1, 0.15) is 29.8 Å². The van der Waals surface area contributed by atoms with E-state index in [9.17, 15) is 62.4 Å². The van der Waals surface area contributed by atoms with Gasteiger partial charge in [0.15, 0.2) is 5.41 Å². The predicted molar refractivity (Wildman–Crippen MR) is 211 cm³/mol. The first-order valence-electron chi connectivity index (χ1n) is 17.7. The molecule has 7 nitrogen and oxygen atoms in total. The molecule has 0 fully saturated rings. The Bertz CT molecular complexity index is 1870. The van der Waals surface area contributed by atoms with Gasteiger partial charge < -0.3 is 20.1 Å². The molecule has 0 aliphatic carbocycles. The number of hydrogen-bond donors (Lipinski definition) is 2. The molecule has 5 aromatic carbocycles. The maximum absolute atomic E-state index is 13.0. The van der Waals surface area contributed by atoms with E-state index in [4.69, 9.17) is 9.47 Å². The van der Waals surface area contributed by atoms with Crippen LogP contribution < -0.4 is 20.1 Å². The van der Waals surface area contributed by atoms with Crippen LogP contribution in [0.2, 0.25) is 0 Å². The Labute approximate surface area is 350 Å². The summed E-state index contributed by atoms with van der Waals surface area (Å²) in [7, 11) is 4.94. The second-order valence-electron chi connectivity index (χ2n) is 11.7. The van der Waals surface area contributed by atoms with Crippen molar-refractivity contribution in [3.05, 3.63) is 163 Å². The lowest BCUT2D eigenvalue weighted by Gasteiger charge is -2.34. The van der Waals surface area contributed by atoms with Gasteiger partial charge in [0.05, 0.1) is 20.9 Å². The first-order chi connectivity index (χ1) is 29.0. The van der Waals surface area contributed by atoms with Crippen molar-refractivity contribution in [2.75, 3.05) is 33.3 Å². The van der Waals surface area contributed by atoms with Gasteiger partial charge in [-0.05, 0) is 72.5 Å². The van der Waals surface area contributed by atoms with Gasteiger partial charge in [-0.2, -0.15) is 43.9 Å². The smallest absolute Gasteiger partial charge is 0.461 e. The molecule has 0 aromatic heterocycles. The van der Waals surface area contributed by atoms with Gasteiger partial charge in [0, 0.05) is 18.3 Å². The van der Waals surface area contributed by atoms with E-state index in [1.807, 2.05) is 78.9 Å². The van der Waals surface area contributed by atoms with Crippen LogP contribution in [-0.2, 0) is 15.2 Å². The first-order valence-corrected chi connectivity index (χ1v) is 17.7. The van der Waals surface area contributed by atoms with Crippen molar-refractivity contribution in [3.8, 4) is 11.5 Å². The Morgan fingerprint density at radius 2 is 0.871 bits per heavy atom. The van der Waals surface area contributed by atoms with E-state index in [2.05, 4.69) is 10.3 Å². The number of anilines is 1. The van der Waals surface area contributed by atoms with Crippen LogP contribution in [0.25, 0.3) is 0 Å². The van der Waals surface area contributed by atoms with Gasteiger partial charge in [0.1, 0.15) is 11.5 Å². The summed E-state index contributed by atoms with van der Waals surface area (Å²) in [5.41, 5.74) is -4.07. The van der Waals surface area contributed by atoms with Crippen LogP contribution in [-0.4, -0.2) is 64.1 Å². The van der Waals surface area contributed by atoms with Crippen molar-refractivity contribution in [2.24, 2.45) is 0 Å². The van der Waals surface area contributed by atoms with E-state index >= 15 is 0 Å². The number of alkyl halides is 11. The molecule has 0 saturated heterocycles. The van der Waals surface area contributed by atoms with Crippen molar-refractivity contribution >= 4 is 17.5 Å². The molecule has 0 aliphatic heterocycles. The van der Waals surface area contributed by atoms with Crippen LogP contribution in [0, 0.1) is 0 Å². The van der Waals surface area contributed by atoms with Crippen LogP contribution >= 0.6 is 0 Å². The number of rotatable bonds is 7. The lowest BCUT2D eigenvalue weighted by Crippen LogP contribution is -2.51. The average molecular weight is 897 g/mol. The van der Waals surface area contributed by atoms with E-state index in [1.54, 1.807) is 38.7 Å². The van der Waals surface area contributed by atoms with Crippen molar-refractivity contribution in [3.63, 3.8) is 0 Å². The normalized spacial score (nSPS) is 11.7. The van der Waals surface area contributed by atoms with E-state index in [-0.39, 0.29) is 25.2 Å². The maximum Gasteiger partial charge on any atom is 0.461 e. The number of ether oxygens (including phenoxy) is 2. The summed E-state index contributed by atoms with van der Waals surface area (Å²) >= 11 is 0. The number of para-hydroxylation sites is 3. The Balaban J connectivity index is 0.000000761. The largest absolute Gasteiger partial charge is 0.497 e. The van der Waals surface area contributed by atoms with Crippen molar-refractivity contribution in [2.45, 2.75) is 43.6 Å². The van der Waals surface area contributed by atoms with E-state index in [0.717, 1.165) is 35.8 Å². The first kappa shape index (κ1) is 55.8. The lowest BCUT2D eigenvalue weighted by molar-refractivity contribution is -0.379. The predicted octanol–water partition coefficient (Wildman–Crippen LogP) is 12.2. The Kier molecular flexibility index (Phi) is 24.8. The molecule has 1 atom stereocenters.